The van der Waals surface area contributed by atoms with Gasteiger partial charge in [0, 0.05) is 38.0 Å². The number of carbonyl (C=O) groups is 2. The van der Waals surface area contributed by atoms with Crippen LogP contribution in [-0.2, 0) is 28.5 Å². The third-order valence-corrected chi connectivity index (χ3v) is 5.06. The molecule has 1 aromatic carbocycles. The predicted octanol–water partition coefficient (Wildman–Crippen LogP) is 1.94. The van der Waals surface area contributed by atoms with Gasteiger partial charge in [-0.3, -0.25) is 14.9 Å². The molecule has 0 spiro atoms. The maximum atomic E-state index is 13.1. The molecule has 1 N–H and O–H groups in total. The number of allylic oxidation sites excluding steroid dienone is 2. The van der Waals surface area contributed by atoms with Crippen molar-refractivity contribution in [1.29, 1.82) is 0 Å². The molecule has 0 saturated carbocycles. The van der Waals surface area contributed by atoms with Crippen LogP contribution in [0.25, 0.3) is 0 Å². The number of nitrogens with zero attached hydrogens (tertiary/aromatic N) is 1. The van der Waals surface area contributed by atoms with E-state index in [0.717, 1.165) is 0 Å². The second-order valence-corrected chi connectivity index (χ2v) is 7.32. The monoisotopic (exact) mass is 436 g/mol. The number of carbonyl (C=O) groups excluding carboxylic acids is 2. The van der Waals surface area contributed by atoms with E-state index in [-0.39, 0.29) is 32.1 Å². The van der Waals surface area contributed by atoms with Crippen molar-refractivity contribution in [3.8, 4) is 0 Å². The molecule has 31 heavy (non-hydrogen) atoms. The van der Waals surface area contributed by atoms with Gasteiger partial charge in [0.15, 0.2) is 0 Å². The average molecular weight is 436 g/mol. The van der Waals surface area contributed by atoms with Gasteiger partial charge in [0.05, 0.1) is 18.1 Å². The lowest BCUT2D eigenvalue weighted by Crippen LogP contribution is -2.61. The normalized spacial score (nSPS) is 22.8. The minimum Gasteiger partial charge on any atom is -0.463 e. The third kappa shape index (κ3) is 5.80. The Morgan fingerprint density at radius 3 is 2.39 bits per heavy atom. The fraction of sp³-hybridized carbons (Fsp3) is 0.524. The lowest BCUT2D eigenvalue weighted by atomic mass is 9.71. The Labute approximate surface area is 180 Å². The van der Waals surface area contributed by atoms with Gasteiger partial charge in [-0.15, -0.1) is 0 Å². The van der Waals surface area contributed by atoms with Gasteiger partial charge < -0.3 is 24.3 Å². The molecule has 10 heteroatoms. The Balaban J connectivity index is 2.49. The minimum absolute atomic E-state index is 0.00495. The first-order valence-corrected chi connectivity index (χ1v) is 9.77. The molecular formula is C21H28N2O8. The zero-order chi connectivity index (χ0) is 23.0. The number of ether oxygens (including phenoxy) is 4. The van der Waals surface area contributed by atoms with Crippen LogP contribution in [0, 0.1) is 16.0 Å². The first-order valence-electron chi connectivity index (χ1n) is 9.77. The molecule has 0 saturated heterocycles. The van der Waals surface area contributed by atoms with Gasteiger partial charge in [-0.25, -0.2) is 4.79 Å². The van der Waals surface area contributed by atoms with Crippen molar-refractivity contribution in [2.45, 2.75) is 25.3 Å². The van der Waals surface area contributed by atoms with Crippen LogP contribution in [0.5, 0.6) is 0 Å². The maximum Gasteiger partial charge on any atom is 0.332 e. The molecule has 0 amide bonds. The molecule has 1 aliphatic heterocycles. The van der Waals surface area contributed by atoms with E-state index in [4.69, 9.17) is 18.9 Å². The van der Waals surface area contributed by atoms with Crippen molar-refractivity contribution in [2.24, 2.45) is 5.92 Å². The Kier molecular flexibility index (Phi) is 8.52. The molecule has 1 aromatic rings. The molecule has 1 heterocycles. The number of hydrogen-bond acceptors (Lipinski definition) is 9. The molecule has 170 valence electrons. The lowest BCUT2D eigenvalue weighted by Gasteiger charge is -2.42. The highest BCUT2D eigenvalue weighted by atomic mass is 16.6. The SMILES string of the molecule is COCCOC(=O)C1C(c2cccc([N+](=O)[O-])c2)C=C(C)NC1(C)C(=O)OCCOC. The van der Waals surface area contributed by atoms with Crippen LogP contribution in [0.1, 0.15) is 25.3 Å². The second kappa shape index (κ2) is 10.9. The van der Waals surface area contributed by atoms with Gasteiger partial charge in [0.2, 0.25) is 0 Å². The van der Waals surface area contributed by atoms with E-state index in [1.54, 1.807) is 32.1 Å². The first-order chi connectivity index (χ1) is 14.7. The summed E-state index contributed by atoms with van der Waals surface area (Å²) in [5, 5.41) is 14.3. The smallest absolute Gasteiger partial charge is 0.332 e. The summed E-state index contributed by atoms with van der Waals surface area (Å²) < 4.78 is 20.5. The molecule has 0 bridgehead atoms. The van der Waals surface area contributed by atoms with E-state index < -0.39 is 34.2 Å². The quantitative estimate of drug-likeness (QED) is 0.253. The second-order valence-electron chi connectivity index (χ2n) is 7.32. The van der Waals surface area contributed by atoms with Gasteiger partial charge in [-0.2, -0.15) is 0 Å². The van der Waals surface area contributed by atoms with E-state index >= 15 is 0 Å². The Bertz CT molecular complexity index is 840. The number of nitro benzene ring substituents is 1. The molecule has 0 aromatic heterocycles. The van der Waals surface area contributed by atoms with Crippen molar-refractivity contribution >= 4 is 17.6 Å². The zero-order valence-corrected chi connectivity index (χ0v) is 18.1. The molecular weight excluding hydrogens is 408 g/mol. The first kappa shape index (κ1) is 24.3. The van der Waals surface area contributed by atoms with Crippen molar-refractivity contribution in [3.05, 3.63) is 51.7 Å². The number of methoxy groups -OCH3 is 2. The highest BCUT2D eigenvalue weighted by Gasteiger charge is 2.53. The van der Waals surface area contributed by atoms with Gasteiger partial charge >= 0.3 is 11.9 Å². The summed E-state index contributed by atoms with van der Waals surface area (Å²) in [6, 6.07) is 5.98. The molecule has 3 unspecified atom stereocenters. The van der Waals surface area contributed by atoms with Crippen molar-refractivity contribution < 1.29 is 33.5 Å². The standard InChI is InChI=1S/C21H28N2O8/c1-14-12-17(15-6-5-7-16(13-15)23(26)27)18(19(24)30-10-8-28-3)21(2,22-14)20(25)31-11-9-29-4/h5-7,12-13,17-18,22H,8-11H2,1-4H3. The van der Waals surface area contributed by atoms with Crippen LogP contribution in [0.4, 0.5) is 5.69 Å². The van der Waals surface area contributed by atoms with Crippen LogP contribution in [0.2, 0.25) is 0 Å². The van der Waals surface area contributed by atoms with Crippen LogP contribution in [-0.4, -0.2) is 63.0 Å². The number of non-ortho nitro benzene ring substituents is 1. The Morgan fingerprint density at radius 1 is 1.13 bits per heavy atom. The van der Waals surface area contributed by atoms with Crippen molar-refractivity contribution in [2.75, 3.05) is 40.6 Å². The van der Waals surface area contributed by atoms with Gasteiger partial charge in [-0.05, 0) is 19.4 Å². The topological polar surface area (TPSA) is 126 Å². The van der Waals surface area contributed by atoms with Crippen molar-refractivity contribution in [3.63, 3.8) is 0 Å². The number of nitrogens with one attached hydrogen (secondary N) is 1. The Hall–Kier alpha value is -2.98. The van der Waals surface area contributed by atoms with E-state index in [0.29, 0.717) is 11.3 Å². The average Bonchev–Trinajstić information content (AvgIpc) is 2.73. The molecule has 1 aliphatic rings. The lowest BCUT2D eigenvalue weighted by molar-refractivity contribution is -0.384. The highest BCUT2D eigenvalue weighted by molar-refractivity contribution is 5.90. The molecule has 3 atom stereocenters. The fourth-order valence-electron chi connectivity index (χ4n) is 3.63. The van der Waals surface area contributed by atoms with Crippen LogP contribution < -0.4 is 5.32 Å². The summed E-state index contributed by atoms with van der Waals surface area (Å²) in [6.45, 7) is 3.72. The molecule has 0 radical (unpaired) electrons. The largest absolute Gasteiger partial charge is 0.463 e. The third-order valence-electron chi connectivity index (χ3n) is 5.06. The molecule has 0 fully saturated rings. The van der Waals surface area contributed by atoms with E-state index in [9.17, 15) is 19.7 Å². The maximum absolute atomic E-state index is 13.1. The van der Waals surface area contributed by atoms with E-state index in [1.807, 2.05) is 0 Å². The van der Waals surface area contributed by atoms with Gasteiger partial charge in [0.1, 0.15) is 24.7 Å². The molecule has 2 rings (SSSR count). The van der Waals surface area contributed by atoms with Crippen molar-refractivity contribution in [1.82, 2.24) is 5.32 Å². The Morgan fingerprint density at radius 2 is 1.77 bits per heavy atom. The molecule has 10 nitrogen and oxygen atoms in total. The van der Waals surface area contributed by atoms with E-state index in [1.165, 1.54) is 26.4 Å². The predicted molar refractivity (Wildman–Crippen MR) is 110 cm³/mol. The summed E-state index contributed by atoms with van der Waals surface area (Å²) in [5.74, 6) is -2.99. The number of rotatable bonds is 10. The summed E-state index contributed by atoms with van der Waals surface area (Å²) >= 11 is 0. The van der Waals surface area contributed by atoms with Crippen LogP contribution in [0.3, 0.4) is 0 Å². The highest BCUT2D eigenvalue weighted by Crippen LogP contribution is 2.41. The van der Waals surface area contributed by atoms with Crippen LogP contribution >= 0.6 is 0 Å². The summed E-state index contributed by atoms with van der Waals surface area (Å²) in [4.78, 5) is 36.9. The number of hydrogen-bond donors (Lipinski definition) is 1. The number of nitro groups is 1. The minimum atomic E-state index is -1.47. The summed E-state index contributed by atoms with van der Waals surface area (Å²) in [7, 11) is 2.96. The zero-order valence-electron chi connectivity index (χ0n) is 18.1. The van der Waals surface area contributed by atoms with Crippen LogP contribution in [0.15, 0.2) is 36.0 Å². The summed E-state index contributed by atoms with van der Waals surface area (Å²) in [6.07, 6.45) is 1.76. The van der Waals surface area contributed by atoms with Gasteiger partial charge in [0.25, 0.3) is 5.69 Å². The number of benzene rings is 1. The molecule has 0 aliphatic carbocycles. The fourth-order valence-corrected chi connectivity index (χ4v) is 3.63. The number of esters is 2. The van der Waals surface area contributed by atoms with Gasteiger partial charge in [-0.1, -0.05) is 18.2 Å². The van der Waals surface area contributed by atoms with E-state index in [2.05, 4.69) is 5.32 Å². The summed E-state index contributed by atoms with van der Waals surface area (Å²) in [5.41, 5.74) is -0.437.